The Bertz CT molecular complexity index is 431. The van der Waals surface area contributed by atoms with Gasteiger partial charge in [-0.3, -0.25) is 14.9 Å². The number of nitro groups is 1. The maximum Gasteiger partial charge on any atom is 0.303 e. The number of anilines is 1. The van der Waals surface area contributed by atoms with Gasteiger partial charge in [0.25, 0.3) is 5.69 Å². The molecule has 1 rings (SSSR count). The molecule has 92 valence electrons. The second-order valence-corrected chi connectivity index (χ2v) is 3.70. The Morgan fingerprint density at radius 3 is 2.82 bits per heavy atom. The molecule has 17 heavy (non-hydrogen) atoms. The standard InChI is InChI=1S/C11H14N2O4/c1-8-4-5-9(10(7-8)13(16)17)12-6-2-3-11(14)15/h4-5,7,12H,2-3,6H2,1H3,(H,14,15). The van der Waals surface area contributed by atoms with Gasteiger partial charge in [0.05, 0.1) is 4.92 Å². The zero-order chi connectivity index (χ0) is 12.8. The first-order chi connectivity index (χ1) is 8.00. The fraction of sp³-hybridized carbons (Fsp3) is 0.364. The maximum absolute atomic E-state index is 10.8. The molecule has 0 saturated carbocycles. The van der Waals surface area contributed by atoms with Crippen molar-refractivity contribution in [1.82, 2.24) is 0 Å². The molecule has 0 heterocycles. The average molecular weight is 238 g/mol. The fourth-order valence-corrected chi connectivity index (χ4v) is 1.40. The van der Waals surface area contributed by atoms with Gasteiger partial charge in [0.15, 0.2) is 0 Å². The van der Waals surface area contributed by atoms with Gasteiger partial charge in [0, 0.05) is 19.0 Å². The quantitative estimate of drug-likeness (QED) is 0.450. The third-order valence-electron chi connectivity index (χ3n) is 2.23. The Morgan fingerprint density at radius 2 is 2.24 bits per heavy atom. The fourth-order valence-electron chi connectivity index (χ4n) is 1.40. The molecule has 0 aliphatic heterocycles. The number of nitrogens with one attached hydrogen (secondary N) is 1. The van der Waals surface area contributed by atoms with Crippen molar-refractivity contribution in [3.05, 3.63) is 33.9 Å². The number of hydrogen-bond donors (Lipinski definition) is 2. The van der Waals surface area contributed by atoms with Gasteiger partial charge in [0.2, 0.25) is 0 Å². The number of hydrogen-bond acceptors (Lipinski definition) is 4. The molecule has 0 fully saturated rings. The molecular weight excluding hydrogens is 224 g/mol. The van der Waals surface area contributed by atoms with Crippen molar-refractivity contribution in [1.29, 1.82) is 0 Å². The highest BCUT2D eigenvalue weighted by atomic mass is 16.6. The third kappa shape index (κ3) is 4.10. The highest BCUT2D eigenvalue weighted by Crippen LogP contribution is 2.25. The van der Waals surface area contributed by atoms with Crippen LogP contribution in [0.5, 0.6) is 0 Å². The van der Waals surface area contributed by atoms with Crippen LogP contribution in [0.15, 0.2) is 18.2 Å². The highest BCUT2D eigenvalue weighted by molar-refractivity contribution is 5.67. The molecule has 0 atom stereocenters. The van der Waals surface area contributed by atoms with Crippen LogP contribution in [0.4, 0.5) is 11.4 Å². The van der Waals surface area contributed by atoms with Crippen LogP contribution in [0.3, 0.4) is 0 Å². The number of carboxylic acids is 1. The van der Waals surface area contributed by atoms with E-state index in [-0.39, 0.29) is 12.1 Å². The van der Waals surface area contributed by atoms with E-state index < -0.39 is 10.9 Å². The summed E-state index contributed by atoms with van der Waals surface area (Å²) in [6, 6.07) is 4.89. The highest BCUT2D eigenvalue weighted by Gasteiger charge is 2.12. The number of benzene rings is 1. The molecule has 0 unspecified atom stereocenters. The predicted octanol–water partition coefficient (Wildman–Crippen LogP) is 2.18. The maximum atomic E-state index is 10.8. The summed E-state index contributed by atoms with van der Waals surface area (Å²) in [7, 11) is 0. The summed E-state index contributed by atoms with van der Waals surface area (Å²) in [6.07, 6.45) is 0.479. The molecule has 0 bridgehead atoms. The van der Waals surface area contributed by atoms with Gasteiger partial charge < -0.3 is 10.4 Å². The molecule has 1 aromatic carbocycles. The number of aliphatic carboxylic acids is 1. The molecule has 2 N–H and O–H groups in total. The van der Waals surface area contributed by atoms with Crippen molar-refractivity contribution in [2.45, 2.75) is 19.8 Å². The normalized spacial score (nSPS) is 9.94. The van der Waals surface area contributed by atoms with Crippen LogP contribution in [0.1, 0.15) is 18.4 Å². The van der Waals surface area contributed by atoms with Crippen LogP contribution in [0.25, 0.3) is 0 Å². The summed E-state index contributed by atoms with van der Waals surface area (Å²) in [6.45, 7) is 2.18. The summed E-state index contributed by atoms with van der Waals surface area (Å²) in [5, 5.41) is 22.1. The van der Waals surface area contributed by atoms with E-state index in [4.69, 9.17) is 5.11 Å². The first-order valence-electron chi connectivity index (χ1n) is 5.21. The number of rotatable bonds is 6. The van der Waals surface area contributed by atoms with E-state index in [1.807, 2.05) is 0 Å². The molecule has 0 aliphatic rings. The molecular formula is C11H14N2O4. The van der Waals surface area contributed by atoms with Gasteiger partial charge >= 0.3 is 5.97 Å². The summed E-state index contributed by atoms with van der Waals surface area (Å²) in [5.41, 5.74) is 1.25. The number of carboxylic acid groups (broad SMARTS) is 1. The topological polar surface area (TPSA) is 92.5 Å². The number of aryl methyl sites for hydroxylation is 1. The lowest BCUT2D eigenvalue weighted by atomic mass is 10.2. The molecule has 0 aromatic heterocycles. The van der Waals surface area contributed by atoms with Crippen LogP contribution in [0, 0.1) is 17.0 Å². The molecule has 0 radical (unpaired) electrons. The predicted molar refractivity (Wildman–Crippen MR) is 63.2 cm³/mol. The van der Waals surface area contributed by atoms with Crippen molar-refractivity contribution < 1.29 is 14.8 Å². The summed E-state index contributed by atoms with van der Waals surface area (Å²) < 4.78 is 0. The molecule has 1 aromatic rings. The first-order valence-corrected chi connectivity index (χ1v) is 5.21. The van der Waals surface area contributed by atoms with E-state index in [9.17, 15) is 14.9 Å². The third-order valence-corrected chi connectivity index (χ3v) is 2.23. The Balaban J connectivity index is 2.64. The van der Waals surface area contributed by atoms with Gasteiger partial charge in [-0.25, -0.2) is 0 Å². The van der Waals surface area contributed by atoms with E-state index in [1.54, 1.807) is 19.1 Å². The second-order valence-electron chi connectivity index (χ2n) is 3.70. The molecule has 0 saturated heterocycles. The molecule has 0 spiro atoms. The van der Waals surface area contributed by atoms with Crippen LogP contribution in [-0.4, -0.2) is 22.5 Å². The van der Waals surface area contributed by atoms with E-state index in [0.29, 0.717) is 18.7 Å². The van der Waals surface area contributed by atoms with E-state index in [1.165, 1.54) is 6.07 Å². The largest absolute Gasteiger partial charge is 0.481 e. The Kier molecular flexibility index (Phi) is 4.45. The zero-order valence-electron chi connectivity index (χ0n) is 9.47. The van der Waals surface area contributed by atoms with Crippen molar-refractivity contribution in [2.24, 2.45) is 0 Å². The minimum Gasteiger partial charge on any atom is -0.481 e. The molecule has 6 heteroatoms. The molecule has 0 aliphatic carbocycles. The SMILES string of the molecule is Cc1ccc(NCCCC(=O)O)c([N+](=O)[O-])c1. The van der Waals surface area contributed by atoms with Gasteiger partial charge in [-0.15, -0.1) is 0 Å². The van der Waals surface area contributed by atoms with Crippen LogP contribution >= 0.6 is 0 Å². The van der Waals surface area contributed by atoms with E-state index in [2.05, 4.69) is 5.32 Å². The number of nitro benzene ring substituents is 1. The lowest BCUT2D eigenvalue weighted by Gasteiger charge is -2.06. The van der Waals surface area contributed by atoms with Gasteiger partial charge in [0.1, 0.15) is 5.69 Å². The van der Waals surface area contributed by atoms with Crippen molar-refractivity contribution in [3.8, 4) is 0 Å². The van der Waals surface area contributed by atoms with Crippen molar-refractivity contribution in [2.75, 3.05) is 11.9 Å². The van der Waals surface area contributed by atoms with Crippen molar-refractivity contribution in [3.63, 3.8) is 0 Å². The Hall–Kier alpha value is -2.11. The van der Waals surface area contributed by atoms with Crippen molar-refractivity contribution >= 4 is 17.3 Å². The minimum atomic E-state index is -0.870. The molecule has 0 amide bonds. The van der Waals surface area contributed by atoms with Crippen LogP contribution < -0.4 is 5.32 Å². The van der Waals surface area contributed by atoms with E-state index >= 15 is 0 Å². The second kappa shape index (κ2) is 5.83. The van der Waals surface area contributed by atoms with Crippen LogP contribution in [0.2, 0.25) is 0 Å². The first kappa shape index (κ1) is 13.0. The lowest BCUT2D eigenvalue weighted by molar-refractivity contribution is -0.384. The summed E-state index contributed by atoms with van der Waals surface area (Å²) in [5.74, 6) is -0.870. The van der Waals surface area contributed by atoms with E-state index in [0.717, 1.165) is 5.56 Å². The van der Waals surface area contributed by atoms with Gasteiger partial charge in [-0.1, -0.05) is 6.07 Å². The van der Waals surface area contributed by atoms with Gasteiger partial charge in [-0.05, 0) is 25.0 Å². The Morgan fingerprint density at radius 1 is 1.53 bits per heavy atom. The smallest absolute Gasteiger partial charge is 0.303 e. The average Bonchev–Trinajstić information content (AvgIpc) is 2.25. The number of carbonyl (C=O) groups is 1. The Labute approximate surface area is 98.4 Å². The summed E-state index contributed by atoms with van der Waals surface area (Å²) in [4.78, 5) is 20.6. The lowest BCUT2D eigenvalue weighted by Crippen LogP contribution is -2.06. The molecule has 6 nitrogen and oxygen atoms in total. The van der Waals surface area contributed by atoms with Crippen LogP contribution in [-0.2, 0) is 4.79 Å². The van der Waals surface area contributed by atoms with Gasteiger partial charge in [-0.2, -0.15) is 0 Å². The number of nitrogens with zero attached hydrogens (tertiary/aromatic N) is 1. The zero-order valence-corrected chi connectivity index (χ0v) is 9.47. The monoisotopic (exact) mass is 238 g/mol. The summed E-state index contributed by atoms with van der Waals surface area (Å²) >= 11 is 0. The minimum absolute atomic E-state index is 0.0142.